The van der Waals surface area contributed by atoms with Gasteiger partial charge in [0.1, 0.15) is 18.3 Å². The minimum atomic E-state index is -4.16. The summed E-state index contributed by atoms with van der Waals surface area (Å²) in [6.45, 7) is 3.72. The Balaban J connectivity index is 2.05. The molecule has 0 saturated heterocycles. The molecule has 0 aromatic heterocycles. The first-order valence-corrected chi connectivity index (χ1v) is 15.5. The van der Waals surface area contributed by atoms with Gasteiger partial charge in [-0.3, -0.25) is 13.9 Å². The minimum absolute atomic E-state index is 0.0175. The third kappa shape index (κ3) is 8.38. The Labute approximate surface area is 252 Å². The molecule has 0 aliphatic carbocycles. The number of methoxy groups -OCH3 is 1. The first-order valence-electron chi connectivity index (χ1n) is 13.3. The molecule has 1 atom stereocenters. The number of ether oxygens (including phenoxy) is 1. The van der Waals surface area contributed by atoms with E-state index in [1.807, 2.05) is 6.92 Å². The number of halogens is 2. The van der Waals surface area contributed by atoms with Crippen molar-refractivity contribution in [3.8, 4) is 5.75 Å². The molecule has 3 aromatic rings. The van der Waals surface area contributed by atoms with Crippen molar-refractivity contribution in [1.29, 1.82) is 0 Å². The van der Waals surface area contributed by atoms with E-state index in [0.717, 1.165) is 17.1 Å². The average Bonchev–Trinajstić information content (AvgIpc) is 2.97. The number of nitrogens with one attached hydrogen (secondary N) is 1. The number of rotatable bonds is 14. The fraction of sp³-hybridized carbons (Fsp3) is 0.333. The lowest BCUT2D eigenvalue weighted by atomic mass is 10.1. The van der Waals surface area contributed by atoms with Crippen molar-refractivity contribution >= 4 is 50.7 Å². The number of nitrogens with zero attached hydrogens (tertiary/aromatic N) is 2. The molecule has 0 spiro atoms. The van der Waals surface area contributed by atoms with Gasteiger partial charge in [-0.1, -0.05) is 67.7 Å². The van der Waals surface area contributed by atoms with Gasteiger partial charge in [-0.2, -0.15) is 0 Å². The molecule has 11 heteroatoms. The fourth-order valence-electron chi connectivity index (χ4n) is 4.26. The zero-order valence-corrected chi connectivity index (χ0v) is 25.7. The smallest absolute Gasteiger partial charge is 0.264 e. The van der Waals surface area contributed by atoms with Crippen molar-refractivity contribution in [3.63, 3.8) is 0 Å². The van der Waals surface area contributed by atoms with Gasteiger partial charge in [0.15, 0.2) is 0 Å². The standard InChI is InChI=1S/C30H35Cl2N3O5S/c1-4-6-18-33-30(37)28(5-2)34(20-22-12-13-23(31)19-27(22)32)29(36)21-35(24-14-16-25(40-3)17-15-24)41(38,39)26-10-8-7-9-11-26/h7-17,19,28H,4-6,18,20-21H2,1-3H3,(H,33,37)/t28-/m1/s1. The van der Waals surface area contributed by atoms with E-state index in [9.17, 15) is 18.0 Å². The molecule has 0 fully saturated rings. The molecule has 41 heavy (non-hydrogen) atoms. The SMILES string of the molecule is CCCCNC(=O)[C@@H](CC)N(Cc1ccc(Cl)cc1Cl)C(=O)CN(c1ccc(OC)cc1)S(=O)(=O)c1ccccc1. The highest BCUT2D eigenvalue weighted by molar-refractivity contribution is 7.92. The van der Waals surface area contributed by atoms with Crippen molar-refractivity contribution in [2.24, 2.45) is 0 Å². The summed E-state index contributed by atoms with van der Waals surface area (Å²) in [5.74, 6) is -0.351. The normalized spacial score (nSPS) is 11.9. The third-order valence-electron chi connectivity index (χ3n) is 6.54. The summed E-state index contributed by atoms with van der Waals surface area (Å²) >= 11 is 12.5. The van der Waals surface area contributed by atoms with E-state index in [2.05, 4.69) is 5.32 Å². The number of amides is 2. The maximum Gasteiger partial charge on any atom is 0.264 e. The summed E-state index contributed by atoms with van der Waals surface area (Å²) in [6.07, 6.45) is 2.00. The van der Waals surface area contributed by atoms with Gasteiger partial charge in [-0.15, -0.1) is 0 Å². The molecule has 0 radical (unpaired) electrons. The van der Waals surface area contributed by atoms with Crippen LogP contribution in [0.15, 0.2) is 77.7 Å². The van der Waals surface area contributed by atoms with E-state index in [1.54, 1.807) is 67.6 Å². The first kappa shape index (κ1) is 32.2. The topological polar surface area (TPSA) is 96.0 Å². The van der Waals surface area contributed by atoms with Gasteiger partial charge in [0.05, 0.1) is 17.7 Å². The lowest BCUT2D eigenvalue weighted by molar-refractivity contribution is -0.140. The van der Waals surface area contributed by atoms with Gasteiger partial charge in [0, 0.05) is 23.1 Å². The highest BCUT2D eigenvalue weighted by Gasteiger charge is 2.34. The third-order valence-corrected chi connectivity index (χ3v) is 8.92. The molecule has 0 bridgehead atoms. The Morgan fingerprint density at radius 3 is 2.24 bits per heavy atom. The van der Waals surface area contributed by atoms with Crippen LogP contribution in [0.1, 0.15) is 38.7 Å². The summed E-state index contributed by atoms with van der Waals surface area (Å²) in [4.78, 5) is 28.8. The largest absolute Gasteiger partial charge is 0.497 e. The number of sulfonamides is 1. The van der Waals surface area contributed by atoms with Crippen LogP contribution >= 0.6 is 23.2 Å². The lowest BCUT2D eigenvalue weighted by Gasteiger charge is -2.33. The number of carbonyl (C=O) groups excluding carboxylic acids is 2. The van der Waals surface area contributed by atoms with E-state index in [4.69, 9.17) is 27.9 Å². The first-order chi connectivity index (χ1) is 19.6. The van der Waals surface area contributed by atoms with Crippen LogP contribution in [0.25, 0.3) is 0 Å². The van der Waals surface area contributed by atoms with Crippen LogP contribution in [-0.2, 0) is 26.2 Å². The van der Waals surface area contributed by atoms with Crippen molar-refractivity contribution < 1.29 is 22.7 Å². The Hall–Kier alpha value is -3.27. The molecule has 0 heterocycles. The van der Waals surface area contributed by atoms with Gasteiger partial charge < -0.3 is 15.0 Å². The summed E-state index contributed by atoms with van der Waals surface area (Å²) in [5, 5.41) is 3.67. The van der Waals surface area contributed by atoms with Gasteiger partial charge in [0.2, 0.25) is 11.8 Å². The molecule has 2 amide bonds. The van der Waals surface area contributed by atoms with Gasteiger partial charge in [0.25, 0.3) is 10.0 Å². The number of unbranched alkanes of at least 4 members (excludes halogenated alkanes) is 1. The van der Waals surface area contributed by atoms with E-state index in [-0.39, 0.29) is 23.0 Å². The van der Waals surface area contributed by atoms with Crippen LogP contribution in [0.3, 0.4) is 0 Å². The summed E-state index contributed by atoms with van der Waals surface area (Å²) in [7, 11) is -2.65. The number of hydrogen-bond acceptors (Lipinski definition) is 5. The number of benzene rings is 3. The van der Waals surface area contributed by atoms with Gasteiger partial charge >= 0.3 is 0 Å². The monoisotopic (exact) mass is 619 g/mol. The zero-order valence-electron chi connectivity index (χ0n) is 23.3. The molecule has 0 aliphatic rings. The molecule has 1 N–H and O–H groups in total. The summed E-state index contributed by atoms with van der Waals surface area (Å²) in [6, 6.07) is 18.3. The Morgan fingerprint density at radius 1 is 0.976 bits per heavy atom. The summed E-state index contributed by atoms with van der Waals surface area (Å²) in [5.41, 5.74) is 0.846. The van der Waals surface area contributed by atoms with E-state index in [1.165, 1.54) is 24.1 Å². The van der Waals surface area contributed by atoms with E-state index < -0.39 is 28.5 Å². The fourth-order valence-corrected chi connectivity index (χ4v) is 6.16. The Morgan fingerprint density at radius 2 is 1.66 bits per heavy atom. The predicted octanol–water partition coefficient (Wildman–Crippen LogP) is 5.92. The van der Waals surface area contributed by atoms with Crippen LogP contribution in [0.5, 0.6) is 5.75 Å². The predicted molar refractivity (Wildman–Crippen MR) is 163 cm³/mol. The van der Waals surface area contributed by atoms with Crippen molar-refractivity contribution in [3.05, 3.63) is 88.4 Å². The van der Waals surface area contributed by atoms with Crippen LogP contribution in [0.4, 0.5) is 5.69 Å². The zero-order chi connectivity index (χ0) is 30.0. The number of carbonyl (C=O) groups is 2. The van der Waals surface area contributed by atoms with Gasteiger partial charge in [-0.25, -0.2) is 8.42 Å². The van der Waals surface area contributed by atoms with Crippen LogP contribution in [0.2, 0.25) is 10.0 Å². The molecular formula is C30H35Cl2N3O5S. The van der Waals surface area contributed by atoms with E-state index in [0.29, 0.717) is 34.3 Å². The second-order valence-corrected chi connectivity index (χ2v) is 12.1. The molecule has 0 aliphatic heterocycles. The maximum atomic E-state index is 14.1. The molecule has 0 saturated carbocycles. The maximum absolute atomic E-state index is 14.1. The molecule has 3 rings (SSSR count). The highest BCUT2D eigenvalue weighted by atomic mass is 35.5. The van der Waals surface area contributed by atoms with Crippen LogP contribution < -0.4 is 14.4 Å². The molecule has 220 valence electrons. The molecule has 0 unspecified atom stereocenters. The number of anilines is 1. The second kappa shape index (κ2) is 15.1. The molecule has 8 nitrogen and oxygen atoms in total. The van der Waals surface area contributed by atoms with Crippen LogP contribution in [-0.4, -0.2) is 51.4 Å². The van der Waals surface area contributed by atoms with Gasteiger partial charge in [-0.05, 0) is 66.9 Å². The van der Waals surface area contributed by atoms with Crippen molar-refractivity contribution in [1.82, 2.24) is 10.2 Å². The van der Waals surface area contributed by atoms with Crippen LogP contribution in [0, 0.1) is 0 Å². The lowest BCUT2D eigenvalue weighted by Crippen LogP contribution is -2.52. The minimum Gasteiger partial charge on any atom is -0.497 e. The van der Waals surface area contributed by atoms with Crippen molar-refractivity contribution in [2.75, 3.05) is 24.5 Å². The Kier molecular flexibility index (Phi) is 11.9. The number of hydrogen-bond donors (Lipinski definition) is 1. The summed E-state index contributed by atoms with van der Waals surface area (Å²) < 4.78 is 34.0. The average molecular weight is 621 g/mol. The highest BCUT2D eigenvalue weighted by Crippen LogP contribution is 2.28. The quantitative estimate of drug-likeness (QED) is 0.226. The molecule has 3 aromatic carbocycles. The van der Waals surface area contributed by atoms with Crippen molar-refractivity contribution in [2.45, 2.75) is 50.6 Å². The van der Waals surface area contributed by atoms with E-state index >= 15 is 0 Å². The Bertz CT molecular complexity index is 1420. The second-order valence-electron chi connectivity index (χ2n) is 9.35. The molecular weight excluding hydrogens is 585 g/mol.